The summed E-state index contributed by atoms with van der Waals surface area (Å²) in [6, 6.07) is 14.6. The minimum atomic E-state index is -0.644. The second-order valence-corrected chi connectivity index (χ2v) is 9.50. The number of nitriles is 1. The third-order valence-corrected chi connectivity index (χ3v) is 7.20. The van der Waals surface area contributed by atoms with Crippen LogP contribution in [0, 0.1) is 18.3 Å². The van der Waals surface area contributed by atoms with Crippen LogP contribution >= 0.6 is 0 Å². The monoisotopic (exact) mass is 440 g/mol. The Kier molecular flexibility index (Phi) is 5.59. The minimum Gasteiger partial charge on any atom is -0.393 e. The first kappa shape index (κ1) is 21.5. The van der Waals surface area contributed by atoms with E-state index in [2.05, 4.69) is 40.4 Å². The molecule has 2 aliphatic carbocycles. The van der Waals surface area contributed by atoms with Gasteiger partial charge in [0.25, 0.3) is 0 Å². The van der Waals surface area contributed by atoms with Crippen molar-refractivity contribution in [2.24, 2.45) is 0 Å². The zero-order valence-electron chi connectivity index (χ0n) is 18.9. The maximum atomic E-state index is 13.0. The summed E-state index contributed by atoms with van der Waals surface area (Å²) in [6.07, 6.45) is 8.24. The average molecular weight is 441 g/mol. The average Bonchev–Trinajstić information content (AvgIpc) is 3.62. The molecule has 2 heterocycles. The van der Waals surface area contributed by atoms with E-state index >= 15 is 0 Å². The zero-order valence-corrected chi connectivity index (χ0v) is 18.9. The van der Waals surface area contributed by atoms with Crippen LogP contribution in [0.25, 0.3) is 5.69 Å². The Morgan fingerprint density at radius 2 is 1.85 bits per heavy atom. The molecule has 2 aliphatic rings. The molecular weight excluding hydrogens is 412 g/mol. The Morgan fingerprint density at radius 1 is 1.12 bits per heavy atom. The van der Waals surface area contributed by atoms with Crippen LogP contribution in [-0.2, 0) is 11.8 Å². The molecule has 0 spiro atoms. The minimum absolute atomic E-state index is 0.00122. The van der Waals surface area contributed by atoms with E-state index in [4.69, 9.17) is 0 Å². The van der Waals surface area contributed by atoms with Crippen molar-refractivity contribution in [1.29, 1.82) is 5.26 Å². The SMILES string of the molecule is Cc1c(C(=O)Cc2ccc(C3(C#N)CCC(O)CC3)nc2)cnn1-c1ccc(C2CC2)cc1. The Morgan fingerprint density at radius 3 is 2.45 bits per heavy atom. The number of carbonyl (C=O) groups is 1. The molecule has 0 aliphatic heterocycles. The third kappa shape index (κ3) is 4.21. The Balaban J connectivity index is 1.29. The Bertz CT molecular complexity index is 1190. The molecule has 33 heavy (non-hydrogen) atoms. The van der Waals surface area contributed by atoms with Gasteiger partial charge < -0.3 is 5.11 Å². The van der Waals surface area contributed by atoms with Gasteiger partial charge in [-0.1, -0.05) is 18.2 Å². The van der Waals surface area contributed by atoms with Crippen molar-refractivity contribution in [1.82, 2.24) is 14.8 Å². The first-order valence-corrected chi connectivity index (χ1v) is 11.7. The van der Waals surface area contributed by atoms with Crippen LogP contribution in [0.5, 0.6) is 0 Å². The van der Waals surface area contributed by atoms with Crippen molar-refractivity contribution < 1.29 is 9.90 Å². The van der Waals surface area contributed by atoms with Gasteiger partial charge in [0.1, 0.15) is 0 Å². The van der Waals surface area contributed by atoms with E-state index in [1.54, 1.807) is 12.4 Å². The highest BCUT2D eigenvalue weighted by atomic mass is 16.3. The summed E-state index contributed by atoms with van der Waals surface area (Å²) in [5.41, 5.74) is 4.67. The van der Waals surface area contributed by atoms with E-state index in [0.29, 0.717) is 37.2 Å². The number of aliphatic hydroxyl groups excluding tert-OH is 1. The summed E-state index contributed by atoms with van der Waals surface area (Å²) in [5.74, 6) is 0.710. The molecule has 168 valence electrons. The second-order valence-electron chi connectivity index (χ2n) is 9.50. The summed E-state index contributed by atoms with van der Waals surface area (Å²) in [5, 5.41) is 24.0. The largest absolute Gasteiger partial charge is 0.393 e. The first-order valence-electron chi connectivity index (χ1n) is 11.7. The fourth-order valence-electron chi connectivity index (χ4n) is 4.86. The van der Waals surface area contributed by atoms with Crippen LogP contribution in [0.2, 0.25) is 0 Å². The third-order valence-electron chi connectivity index (χ3n) is 7.20. The van der Waals surface area contributed by atoms with Crippen LogP contribution in [0.3, 0.4) is 0 Å². The number of hydrogen-bond acceptors (Lipinski definition) is 5. The Labute approximate surface area is 193 Å². The number of Topliss-reactive ketones (excluding diaryl/α,β-unsaturated/α-hetero) is 1. The molecule has 0 saturated heterocycles. The lowest BCUT2D eigenvalue weighted by Crippen LogP contribution is -2.33. The van der Waals surface area contributed by atoms with Gasteiger partial charge in [-0.15, -0.1) is 0 Å². The summed E-state index contributed by atoms with van der Waals surface area (Å²) < 4.78 is 1.82. The van der Waals surface area contributed by atoms with E-state index in [9.17, 15) is 15.2 Å². The van der Waals surface area contributed by atoms with Gasteiger partial charge in [0, 0.05) is 12.6 Å². The van der Waals surface area contributed by atoms with Crippen molar-refractivity contribution >= 4 is 5.78 Å². The van der Waals surface area contributed by atoms with Crippen LogP contribution in [0.15, 0.2) is 48.8 Å². The molecule has 2 fully saturated rings. The summed E-state index contributed by atoms with van der Waals surface area (Å²) >= 11 is 0. The lowest BCUT2D eigenvalue weighted by molar-refractivity contribution is 0.0991. The van der Waals surface area contributed by atoms with E-state index in [0.717, 1.165) is 22.6 Å². The van der Waals surface area contributed by atoms with E-state index < -0.39 is 5.41 Å². The highest BCUT2D eigenvalue weighted by Gasteiger charge is 2.38. The number of hydrogen-bond donors (Lipinski definition) is 1. The van der Waals surface area contributed by atoms with Crippen LogP contribution in [-0.4, -0.2) is 31.8 Å². The summed E-state index contributed by atoms with van der Waals surface area (Å²) in [7, 11) is 0. The van der Waals surface area contributed by atoms with Crippen molar-refractivity contribution in [3.63, 3.8) is 0 Å². The van der Waals surface area contributed by atoms with E-state index in [1.165, 1.54) is 18.4 Å². The molecule has 2 saturated carbocycles. The predicted molar refractivity (Wildman–Crippen MR) is 124 cm³/mol. The molecule has 3 aromatic rings. The molecule has 0 atom stereocenters. The van der Waals surface area contributed by atoms with Gasteiger partial charge in [-0.05, 0) is 80.7 Å². The number of pyridine rings is 1. The number of aromatic nitrogens is 3. The first-order chi connectivity index (χ1) is 16.0. The molecule has 0 bridgehead atoms. The van der Waals surface area contributed by atoms with Gasteiger partial charge in [-0.25, -0.2) is 4.68 Å². The molecule has 6 nitrogen and oxygen atoms in total. The summed E-state index contributed by atoms with van der Waals surface area (Å²) in [6.45, 7) is 1.92. The number of aliphatic hydroxyl groups is 1. The molecule has 1 N–H and O–H groups in total. The normalized spacial score (nSPS) is 22.6. The summed E-state index contributed by atoms with van der Waals surface area (Å²) in [4.78, 5) is 17.6. The smallest absolute Gasteiger partial charge is 0.170 e. The zero-order chi connectivity index (χ0) is 23.0. The predicted octanol–water partition coefficient (Wildman–Crippen LogP) is 4.57. The number of carbonyl (C=O) groups excluding carboxylic acids is 1. The topological polar surface area (TPSA) is 91.8 Å². The van der Waals surface area contributed by atoms with Gasteiger partial charge in [0.15, 0.2) is 5.78 Å². The number of rotatable bonds is 6. The van der Waals surface area contributed by atoms with E-state index in [-0.39, 0.29) is 18.3 Å². The molecule has 2 aromatic heterocycles. The highest BCUT2D eigenvalue weighted by Crippen LogP contribution is 2.40. The fourth-order valence-corrected chi connectivity index (χ4v) is 4.86. The van der Waals surface area contributed by atoms with Crippen LogP contribution < -0.4 is 0 Å². The quantitative estimate of drug-likeness (QED) is 0.567. The van der Waals surface area contributed by atoms with Crippen molar-refractivity contribution in [3.05, 3.63) is 76.9 Å². The van der Waals surface area contributed by atoms with Gasteiger partial charge in [0.2, 0.25) is 0 Å². The molecule has 5 rings (SSSR count). The number of nitrogens with zero attached hydrogens (tertiary/aromatic N) is 4. The van der Waals surface area contributed by atoms with E-state index in [1.807, 2.05) is 23.7 Å². The van der Waals surface area contributed by atoms with Crippen LogP contribution in [0.4, 0.5) is 0 Å². The lowest BCUT2D eigenvalue weighted by Gasteiger charge is -2.32. The molecule has 6 heteroatoms. The highest BCUT2D eigenvalue weighted by molar-refractivity contribution is 5.98. The fraction of sp³-hybridized carbons (Fsp3) is 0.407. The standard InChI is InChI=1S/C27H28N4O2/c1-18-24(16-30-31(18)22-7-5-21(6-8-22)20-3-4-20)25(33)14-19-2-9-26(29-15-19)27(17-28)12-10-23(32)11-13-27/h2,5-9,15-16,20,23,32H,3-4,10-14H2,1H3. The lowest BCUT2D eigenvalue weighted by atomic mass is 9.72. The van der Waals surface area contributed by atoms with Gasteiger partial charge >= 0.3 is 0 Å². The van der Waals surface area contributed by atoms with Crippen molar-refractivity contribution in [3.8, 4) is 11.8 Å². The molecule has 0 unspecified atom stereocenters. The van der Waals surface area contributed by atoms with Gasteiger partial charge in [-0.2, -0.15) is 10.4 Å². The molecule has 1 aromatic carbocycles. The number of benzene rings is 1. The maximum Gasteiger partial charge on any atom is 0.170 e. The van der Waals surface area contributed by atoms with Gasteiger partial charge in [0.05, 0.1) is 46.4 Å². The van der Waals surface area contributed by atoms with Crippen LogP contribution in [0.1, 0.15) is 77.3 Å². The van der Waals surface area contributed by atoms with Crippen molar-refractivity contribution in [2.45, 2.75) is 69.3 Å². The number of ketones is 1. The maximum absolute atomic E-state index is 13.0. The Hall–Kier alpha value is -3.30. The van der Waals surface area contributed by atoms with Gasteiger partial charge in [-0.3, -0.25) is 9.78 Å². The molecular formula is C27H28N4O2. The molecule has 0 amide bonds. The molecule has 0 radical (unpaired) electrons. The second kappa shape index (κ2) is 8.57. The van der Waals surface area contributed by atoms with Crippen molar-refractivity contribution in [2.75, 3.05) is 0 Å².